The van der Waals surface area contributed by atoms with Gasteiger partial charge in [-0.15, -0.1) is 12.4 Å². The van der Waals surface area contributed by atoms with Crippen LogP contribution < -0.4 is 10.6 Å². The molecule has 0 saturated carbocycles. The van der Waals surface area contributed by atoms with Gasteiger partial charge in [-0.25, -0.2) is 8.42 Å². The first kappa shape index (κ1) is 23.6. The number of rotatable bonds is 6. The molecule has 162 valence electrons. The highest BCUT2D eigenvalue weighted by atomic mass is 35.5. The maximum absolute atomic E-state index is 12.8. The zero-order valence-corrected chi connectivity index (χ0v) is 18.0. The minimum atomic E-state index is -3.12. The normalized spacial score (nSPS) is 26.4. The largest absolute Gasteiger partial charge is 0.366 e. The third-order valence-electron chi connectivity index (χ3n) is 5.24. The lowest BCUT2D eigenvalue weighted by Gasteiger charge is -2.38. The van der Waals surface area contributed by atoms with Crippen LogP contribution in [0.15, 0.2) is 30.3 Å². The number of carbonyl (C=O) groups excluding carboxylic acids is 2. The Labute approximate surface area is 177 Å². The SMILES string of the molecule is C[C@H]1OCC(=O)N(Cc2ccccc2)[C@@H]1C(=O)NCCC1CNCCS1(=O)=O.Cl. The molecule has 1 unspecified atom stereocenters. The quantitative estimate of drug-likeness (QED) is 0.644. The van der Waals surface area contributed by atoms with E-state index in [1.165, 1.54) is 4.90 Å². The van der Waals surface area contributed by atoms with Crippen molar-refractivity contribution in [3.05, 3.63) is 35.9 Å². The fourth-order valence-electron chi connectivity index (χ4n) is 3.62. The molecule has 2 heterocycles. The summed E-state index contributed by atoms with van der Waals surface area (Å²) in [4.78, 5) is 26.7. The fourth-order valence-corrected chi connectivity index (χ4v) is 5.23. The lowest BCUT2D eigenvalue weighted by atomic mass is 10.1. The van der Waals surface area contributed by atoms with Crippen molar-refractivity contribution in [1.29, 1.82) is 0 Å². The maximum Gasteiger partial charge on any atom is 0.249 e. The van der Waals surface area contributed by atoms with Crippen LogP contribution in [-0.4, -0.2) is 74.5 Å². The van der Waals surface area contributed by atoms with Crippen molar-refractivity contribution >= 4 is 34.1 Å². The summed E-state index contributed by atoms with van der Waals surface area (Å²) in [5.74, 6) is -0.433. The molecule has 3 rings (SSSR count). The molecule has 3 atom stereocenters. The van der Waals surface area contributed by atoms with E-state index in [2.05, 4.69) is 10.6 Å². The minimum Gasteiger partial charge on any atom is -0.366 e. The molecule has 10 heteroatoms. The molecule has 0 aliphatic carbocycles. The molecular weight excluding hydrogens is 418 g/mol. The average molecular weight is 446 g/mol. The zero-order chi connectivity index (χ0) is 20.1. The predicted octanol–water partition coefficient (Wildman–Crippen LogP) is 0.117. The van der Waals surface area contributed by atoms with Crippen molar-refractivity contribution in [2.45, 2.75) is 37.3 Å². The number of ether oxygens (including phenoxy) is 1. The minimum absolute atomic E-state index is 0. The van der Waals surface area contributed by atoms with Gasteiger partial charge >= 0.3 is 0 Å². The number of sulfone groups is 1. The molecule has 0 spiro atoms. The van der Waals surface area contributed by atoms with E-state index in [4.69, 9.17) is 4.74 Å². The van der Waals surface area contributed by atoms with E-state index < -0.39 is 27.2 Å². The summed E-state index contributed by atoms with van der Waals surface area (Å²) < 4.78 is 29.6. The number of carbonyl (C=O) groups is 2. The molecule has 1 aromatic carbocycles. The van der Waals surface area contributed by atoms with E-state index >= 15 is 0 Å². The fraction of sp³-hybridized carbons (Fsp3) is 0.579. The van der Waals surface area contributed by atoms with Crippen molar-refractivity contribution in [2.24, 2.45) is 0 Å². The van der Waals surface area contributed by atoms with Crippen LogP contribution in [0.2, 0.25) is 0 Å². The monoisotopic (exact) mass is 445 g/mol. The second-order valence-corrected chi connectivity index (χ2v) is 9.64. The van der Waals surface area contributed by atoms with E-state index in [0.29, 0.717) is 26.1 Å². The Bertz CT molecular complexity index is 805. The number of hydrogen-bond donors (Lipinski definition) is 2. The highest BCUT2D eigenvalue weighted by Gasteiger charge is 2.39. The van der Waals surface area contributed by atoms with Crippen molar-refractivity contribution < 1.29 is 22.7 Å². The molecule has 0 radical (unpaired) electrons. The standard InChI is InChI=1S/C19H27N3O5S.ClH/c1-14-18(19(24)21-8-7-16-11-20-9-10-28(16,25)26)22(17(23)13-27-14)12-15-5-3-2-4-6-15;/h2-6,14,16,18,20H,7-13H2,1H3,(H,21,24);1H/t14-,16?,18+;/m1./s1. The van der Waals surface area contributed by atoms with Gasteiger partial charge in [-0.1, -0.05) is 30.3 Å². The smallest absolute Gasteiger partial charge is 0.249 e. The first-order valence-electron chi connectivity index (χ1n) is 9.53. The van der Waals surface area contributed by atoms with Gasteiger partial charge in [0.15, 0.2) is 9.84 Å². The van der Waals surface area contributed by atoms with Crippen LogP contribution in [-0.2, 0) is 30.7 Å². The van der Waals surface area contributed by atoms with Crippen LogP contribution in [0.1, 0.15) is 18.9 Å². The summed E-state index contributed by atoms with van der Waals surface area (Å²) in [7, 11) is -3.12. The Kier molecular flexibility index (Phi) is 8.45. The summed E-state index contributed by atoms with van der Waals surface area (Å²) in [6, 6.07) is 8.73. The Balaban J connectivity index is 0.00000300. The average Bonchev–Trinajstić information content (AvgIpc) is 2.67. The molecule has 2 aliphatic rings. The first-order valence-corrected chi connectivity index (χ1v) is 11.2. The number of morpholine rings is 1. The highest BCUT2D eigenvalue weighted by Crippen LogP contribution is 2.19. The summed E-state index contributed by atoms with van der Waals surface area (Å²) >= 11 is 0. The van der Waals surface area contributed by atoms with E-state index in [-0.39, 0.29) is 43.1 Å². The molecule has 29 heavy (non-hydrogen) atoms. The first-order chi connectivity index (χ1) is 13.4. The topological polar surface area (TPSA) is 105 Å². The van der Waals surface area contributed by atoms with E-state index in [1.807, 2.05) is 30.3 Å². The lowest BCUT2D eigenvalue weighted by Crippen LogP contribution is -2.59. The van der Waals surface area contributed by atoms with E-state index in [0.717, 1.165) is 5.56 Å². The van der Waals surface area contributed by atoms with Crippen LogP contribution in [0.25, 0.3) is 0 Å². The van der Waals surface area contributed by atoms with Crippen LogP contribution in [0.5, 0.6) is 0 Å². The van der Waals surface area contributed by atoms with Crippen LogP contribution in [0.4, 0.5) is 0 Å². The third kappa shape index (κ3) is 5.91. The molecule has 2 N–H and O–H groups in total. The molecule has 1 aromatic rings. The highest BCUT2D eigenvalue weighted by molar-refractivity contribution is 7.92. The predicted molar refractivity (Wildman–Crippen MR) is 112 cm³/mol. The number of nitrogens with zero attached hydrogens (tertiary/aromatic N) is 1. The van der Waals surface area contributed by atoms with Gasteiger partial charge in [-0.3, -0.25) is 9.59 Å². The summed E-state index contributed by atoms with van der Waals surface area (Å²) in [6.45, 7) is 3.15. The number of nitrogens with one attached hydrogen (secondary N) is 2. The van der Waals surface area contributed by atoms with Gasteiger partial charge in [0.05, 0.1) is 17.1 Å². The number of hydrogen-bond acceptors (Lipinski definition) is 6. The van der Waals surface area contributed by atoms with Crippen molar-refractivity contribution in [2.75, 3.05) is 32.0 Å². The Morgan fingerprint density at radius 1 is 1.31 bits per heavy atom. The van der Waals surface area contributed by atoms with Gasteiger partial charge in [-0.05, 0) is 18.9 Å². The Morgan fingerprint density at radius 3 is 2.72 bits per heavy atom. The van der Waals surface area contributed by atoms with Gasteiger partial charge in [0, 0.05) is 26.2 Å². The number of halogens is 1. The summed E-state index contributed by atoms with van der Waals surface area (Å²) in [5.41, 5.74) is 0.933. The van der Waals surface area contributed by atoms with Gasteiger partial charge in [0.2, 0.25) is 11.8 Å². The van der Waals surface area contributed by atoms with E-state index in [1.54, 1.807) is 6.92 Å². The van der Waals surface area contributed by atoms with Gasteiger partial charge in [-0.2, -0.15) is 0 Å². The van der Waals surface area contributed by atoms with Gasteiger partial charge < -0.3 is 20.3 Å². The van der Waals surface area contributed by atoms with Crippen molar-refractivity contribution in [3.8, 4) is 0 Å². The lowest BCUT2D eigenvalue weighted by molar-refractivity contribution is -0.163. The Morgan fingerprint density at radius 2 is 2.03 bits per heavy atom. The summed E-state index contributed by atoms with van der Waals surface area (Å²) in [5, 5.41) is 5.38. The second-order valence-electron chi connectivity index (χ2n) is 7.24. The molecule has 0 bridgehead atoms. The number of amides is 2. The van der Waals surface area contributed by atoms with Gasteiger partial charge in [0.1, 0.15) is 12.6 Å². The Hall–Kier alpha value is -1.68. The maximum atomic E-state index is 12.8. The van der Waals surface area contributed by atoms with Gasteiger partial charge in [0.25, 0.3) is 0 Å². The molecule has 2 fully saturated rings. The molecule has 2 aliphatic heterocycles. The van der Waals surface area contributed by atoms with E-state index in [9.17, 15) is 18.0 Å². The molecule has 2 saturated heterocycles. The molecule has 8 nitrogen and oxygen atoms in total. The van der Waals surface area contributed by atoms with Crippen molar-refractivity contribution in [3.63, 3.8) is 0 Å². The number of benzene rings is 1. The van der Waals surface area contributed by atoms with Crippen LogP contribution in [0, 0.1) is 0 Å². The summed E-state index contributed by atoms with van der Waals surface area (Å²) in [6.07, 6.45) is -0.100. The third-order valence-corrected chi connectivity index (χ3v) is 7.43. The molecule has 0 aromatic heterocycles. The second kappa shape index (κ2) is 10.4. The van der Waals surface area contributed by atoms with Crippen LogP contribution in [0.3, 0.4) is 0 Å². The molecule has 2 amide bonds. The zero-order valence-electron chi connectivity index (χ0n) is 16.4. The molecular formula is C19H28ClN3O5S. The van der Waals surface area contributed by atoms with Crippen molar-refractivity contribution in [1.82, 2.24) is 15.5 Å². The van der Waals surface area contributed by atoms with Crippen LogP contribution >= 0.6 is 12.4 Å².